The zero-order chi connectivity index (χ0) is 16.7. The summed E-state index contributed by atoms with van der Waals surface area (Å²) < 4.78 is 0.925. The van der Waals surface area contributed by atoms with Crippen molar-refractivity contribution in [3.05, 3.63) is 63.6 Å². The molecule has 2 aromatic rings. The molecule has 0 spiro atoms. The van der Waals surface area contributed by atoms with Crippen molar-refractivity contribution in [2.75, 3.05) is 11.9 Å². The minimum atomic E-state index is -0.340. The van der Waals surface area contributed by atoms with Gasteiger partial charge < -0.3 is 10.6 Å². The van der Waals surface area contributed by atoms with E-state index in [0.29, 0.717) is 23.7 Å². The number of anilines is 1. The Kier molecular flexibility index (Phi) is 6.62. The van der Waals surface area contributed by atoms with Gasteiger partial charge in [0.05, 0.1) is 0 Å². The van der Waals surface area contributed by atoms with Crippen LogP contribution in [0.25, 0.3) is 0 Å². The Hall–Kier alpha value is -1.85. The van der Waals surface area contributed by atoms with Crippen molar-refractivity contribution in [1.82, 2.24) is 5.32 Å². The molecular formula is C17H16BrClN2O2. The average Bonchev–Trinajstić information content (AvgIpc) is 2.49. The first-order valence-electron chi connectivity index (χ1n) is 7.09. The van der Waals surface area contributed by atoms with Crippen molar-refractivity contribution in [1.29, 1.82) is 0 Å². The summed E-state index contributed by atoms with van der Waals surface area (Å²) in [6.45, 7) is 0.463. The highest BCUT2D eigenvalue weighted by Crippen LogP contribution is 2.14. The molecule has 0 atom stereocenters. The highest BCUT2D eigenvalue weighted by molar-refractivity contribution is 9.10. The van der Waals surface area contributed by atoms with E-state index in [-0.39, 0.29) is 18.2 Å². The monoisotopic (exact) mass is 394 g/mol. The lowest BCUT2D eigenvalue weighted by molar-refractivity contribution is -0.126. The van der Waals surface area contributed by atoms with Crippen LogP contribution in [0.4, 0.5) is 5.69 Å². The van der Waals surface area contributed by atoms with Crippen LogP contribution >= 0.6 is 27.5 Å². The summed E-state index contributed by atoms with van der Waals surface area (Å²) in [7, 11) is 0. The molecule has 0 radical (unpaired) electrons. The van der Waals surface area contributed by atoms with Gasteiger partial charge in [0.1, 0.15) is 6.42 Å². The van der Waals surface area contributed by atoms with Crippen LogP contribution in [0.5, 0.6) is 0 Å². The smallest absolute Gasteiger partial charge is 0.233 e. The van der Waals surface area contributed by atoms with Gasteiger partial charge >= 0.3 is 0 Å². The first kappa shape index (κ1) is 17.5. The third-order valence-corrected chi connectivity index (χ3v) is 3.84. The molecule has 2 rings (SSSR count). The number of amides is 2. The Balaban J connectivity index is 1.71. The van der Waals surface area contributed by atoms with Crippen molar-refractivity contribution in [3.8, 4) is 0 Å². The molecule has 0 aliphatic carbocycles. The van der Waals surface area contributed by atoms with E-state index < -0.39 is 0 Å². The second-order valence-electron chi connectivity index (χ2n) is 4.96. The molecule has 2 aromatic carbocycles. The summed E-state index contributed by atoms with van der Waals surface area (Å²) in [6, 6.07) is 14.6. The molecule has 120 valence electrons. The van der Waals surface area contributed by atoms with E-state index in [1.165, 1.54) is 0 Å². The SMILES string of the molecule is O=C(CC(=O)Nc1ccc(Br)cc1)NCCc1cccc(Cl)c1. The largest absolute Gasteiger partial charge is 0.355 e. The van der Waals surface area contributed by atoms with Crippen LogP contribution in [0.1, 0.15) is 12.0 Å². The molecule has 0 aromatic heterocycles. The van der Waals surface area contributed by atoms with Crippen LogP contribution in [-0.2, 0) is 16.0 Å². The quantitative estimate of drug-likeness (QED) is 0.731. The van der Waals surface area contributed by atoms with Crippen LogP contribution in [0.2, 0.25) is 5.02 Å². The summed E-state index contributed by atoms with van der Waals surface area (Å²) in [5.74, 6) is -0.644. The summed E-state index contributed by atoms with van der Waals surface area (Å²) in [5, 5.41) is 6.07. The Morgan fingerprint density at radius 3 is 2.48 bits per heavy atom. The molecule has 0 aliphatic heterocycles. The van der Waals surface area contributed by atoms with Gasteiger partial charge in [-0.05, 0) is 48.4 Å². The fourth-order valence-corrected chi connectivity index (χ4v) is 2.46. The zero-order valence-electron chi connectivity index (χ0n) is 12.3. The molecule has 0 bridgehead atoms. The maximum atomic E-state index is 11.8. The summed E-state index contributed by atoms with van der Waals surface area (Å²) in [5.41, 5.74) is 1.70. The van der Waals surface area contributed by atoms with E-state index in [9.17, 15) is 9.59 Å². The Morgan fingerprint density at radius 1 is 1.04 bits per heavy atom. The van der Waals surface area contributed by atoms with Crippen LogP contribution in [0.15, 0.2) is 53.0 Å². The molecule has 0 heterocycles. The topological polar surface area (TPSA) is 58.2 Å². The number of hydrogen-bond donors (Lipinski definition) is 2. The minimum Gasteiger partial charge on any atom is -0.355 e. The Labute approximate surface area is 148 Å². The maximum Gasteiger partial charge on any atom is 0.233 e. The van der Waals surface area contributed by atoms with Crippen molar-refractivity contribution < 1.29 is 9.59 Å². The number of benzene rings is 2. The molecule has 23 heavy (non-hydrogen) atoms. The first-order valence-corrected chi connectivity index (χ1v) is 8.26. The lowest BCUT2D eigenvalue weighted by atomic mass is 10.1. The van der Waals surface area contributed by atoms with E-state index in [0.717, 1.165) is 10.0 Å². The lowest BCUT2D eigenvalue weighted by Gasteiger charge is -2.07. The van der Waals surface area contributed by atoms with E-state index in [2.05, 4.69) is 26.6 Å². The van der Waals surface area contributed by atoms with E-state index >= 15 is 0 Å². The van der Waals surface area contributed by atoms with Gasteiger partial charge in [-0.2, -0.15) is 0 Å². The highest BCUT2D eigenvalue weighted by Gasteiger charge is 2.09. The normalized spacial score (nSPS) is 10.2. The van der Waals surface area contributed by atoms with Gasteiger partial charge in [-0.15, -0.1) is 0 Å². The van der Waals surface area contributed by atoms with Gasteiger partial charge in [0.25, 0.3) is 0 Å². The van der Waals surface area contributed by atoms with Crippen molar-refractivity contribution in [3.63, 3.8) is 0 Å². The van der Waals surface area contributed by atoms with Gasteiger partial charge in [-0.1, -0.05) is 39.7 Å². The van der Waals surface area contributed by atoms with Crippen LogP contribution in [-0.4, -0.2) is 18.4 Å². The summed E-state index contributed by atoms with van der Waals surface area (Å²) >= 11 is 9.22. The van der Waals surface area contributed by atoms with Crippen LogP contribution in [0, 0.1) is 0 Å². The molecule has 2 amide bonds. The number of carbonyl (C=O) groups excluding carboxylic acids is 2. The van der Waals surface area contributed by atoms with E-state index in [4.69, 9.17) is 11.6 Å². The summed E-state index contributed by atoms with van der Waals surface area (Å²) in [6.07, 6.45) is 0.465. The molecule has 4 nitrogen and oxygen atoms in total. The van der Waals surface area contributed by atoms with Gasteiger partial charge in [0.2, 0.25) is 11.8 Å². The van der Waals surface area contributed by atoms with Crippen LogP contribution in [0.3, 0.4) is 0 Å². The van der Waals surface area contributed by atoms with Gasteiger partial charge in [-0.3, -0.25) is 9.59 Å². The minimum absolute atomic E-state index is 0.203. The molecule has 0 aliphatic rings. The van der Waals surface area contributed by atoms with Crippen LogP contribution < -0.4 is 10.6 Å². The molecule has 2 N–H and O–H groups in total. The van der Waals surface area contributed by atoms with Crippen molar-refractivity contribution in [2.45, 2.75) is 12.8 Å². The number of carbonyl (C=O) groups is 2. The van der Waals surface area contributed by atoms with E-state index in [1.54, 1.807) is 18.2 Å². The molecular weight excluding hydrogens is 380 g/mol. The number of rotatable bonds is 6. The number of hydrogen-bond acceptors (Lipinski definition) is 2. The van der Waals surface area contributed by atoms with E-state index in [1.807, 2.05) is 30.3 Å². The average molecular weight is 396 g/mol. The number of nitrogens with one attached hydrogen (secondary N) is 2. The lowest BCUT2D eigenvalue weighted by Crippen LogP contribution is -2.29. The molecule has 0 saturated carbocycles. The zero-order valence-corrected chi connectivity index (χ0v) is 14.7. The molecule has 0 fully saturated rings. The fraction of sp³-hybridized carbons (Fsp3) is 0.176. The third kappa shape index (κ3) is 6.42. The van der Waals surface area contributed by atoms with Gasteiger partial charge in [-0.25, -0.2) is 0 Å². The van der Waals surface area contributed by atoms with Gasteiger partial charge in [0.15, 0.2) is 0 Å². The molecule has 0 unspecified atom stereocenters. The predicted octanol–water partition coefficient (Wildman–Crippen LogP) is 3.79. The predicted molar refractivity (Wildman–Crippen MR) is 95.6 cm³/mol. The fourth-order valence-electron chi connectivity index (χ4n) is 1.99. The number of halogens is 2. The van der Waals surface area contributed by atoms with Crippen molar-refractivity contribution >= 4 is 45.0 Å². The molecule has 0 saturated heterocycles. The second-order valence-corrected chi connectivity index (χ2v) is 6.31. The Morgan fingerprint density at radius 2 is 1.78 bits per heavy atom. The third-order valence-electron chi connectivity index (χ3n) is 3.07. The molecule has 6 heteroatoms. The Bertz CT molecular complexity index is 689. The highest BCUT2D eigenvalue weighted by atomic mass is 79.9. The van der Waals surface area contributed by atoms with Gasteiger partial charge in [0, 0.05) is 21.7 Å². The first-order chi connectivity index (χ1) is 11.0. The summed E-state index contributed by atoms with van der Waals surface area (Å²) in [4.78, 5) is 23.5. The second kappa shape index (κ2) is 8.70. The maximum absolute atomic E-state index is 11.8. The van der Waals surface area contributed by atoms with Crippen molar-refractivity contribution in [2.24, 2.45) is 0 Å². The standard InChI is InChI=1S/C17H16BrClN2O2/c18-13-4-6-15(7-5-13)21-17(23)11-16(22)20-9-8-12-2-1-3-14(19)10-12/h1-7,10H,8-9,11H2,(H,20,22)(H,21,23).